The molecule has 9 nitrogen and oxygen atoms in total. The summed E-state index contributed by atoms with van der Waals surface area (Å²) in [5.74, 6) is -0.569. The summed E-state index contributed by atoms with van der Waals surface area (Å²) >= 11 is 0. The first-order chi connectivity index (χ1) is 12.1. The van der Waals surface area contributed by atoms with E-state index in [1.54, 1.807) is 30.6 Å². The second-order valence-corrected chi connectivity index (χ2v) is 5.60. The number of carbonyl (C=O) groups excluding carboxylic acids is 1. The standard InChI is InChI=1S/C9H13N3O.C7H6N4O/c13-9-5-4-6-10-12(9)11-7-2-1-3-8-11;8-6(12)7-10-3-5-4(11-7)1-2-9-5/h4-6H,1-3,7-8H2;1-3,9H,(H2,8,12). The van der Waals surface area contributed by atoms with Crippen molar-refractivity contribution >= 4 is 16.9 Å². The Bertz CT molecular complexity index is 912. The Morgan fingerprint density at radius 3 is 2.72 bits per heavy atom. The summed E-state index contributed by atoms with van der Waals surface area (Å²) in [5.41, 5.74) is 6.45. The Morgan fingerprint density at radius 2 is 2.00 bits per heavy atom. The molecule has 0 radical (unpaired) electrons. The topological polar surface area (TPSA) is 123 Å². The van der Waals surface area contributed by atoms with Crippen molar-refractivity contribution in [2.24, 2.45) is 5.73 Å². The van der Waals surface area contributed by atoms with Crippen LogP contribution < -0.4 is 16.3 Å². The molecule has 1 saturated heterocycles. The van der Waals surface area contributed by atoms with Crippen molar-refractivity contribution in [2.75, 3.05) is 18.1 Å². The van der Waals surface area contributed by atoms with E-state index in [1.807, 2.05) is 5.01 Å². The van der Waals surface area contributed by atoms with Gasteiger partial charge in [0, 0.05) is 31.5 Å². The number of carbonyl (C=O) groups is 1. The number of amides is 1. The molecule has 130 valence electrons. The van der Waals surface area contributed by atoms with Gasteiger partial charge in [-0.15, -0.1) is 4.79 Å². The lowest BCUT2D eigenvalue weighted by Crippen LogP contribution is -2.46. The third-order valence-electron chi connectivity index (χ3n) is 3.82. The maximum atomic E-state index is 11.4. The highest BCUT2D eigenvalue weighted by atomic mass is 16.1. The zero-order chi connectivity index (χ0) is 17.6. The zero-order valence-electron chi connectivity index (χ0n) is 13.6. The van der Waals surface area contributed by atoms with Gasteiger partial charge in [-0.05, 0) is 31.4 Å². The monoisotopic (exact) mass is 341 g/mol. The van der Waals surface area contributed by atoms with Gasteiger partial charge in [0.25, 0.3) is 11.5 Å². The van der Waals surface area contributed by atoms with Gasteiger partial charge in [-0.25, -0.2) is 9.97 Å². The van der Waals surface area contributed by atoms with Crippen LogP contribution in [0.15, 0.2) is 41.6 Å². The molecule has 1 aliphatic heterocycles. The van der Waals surface area contributed by atoms with Crippen LogP contribution in [-0.2, 0) is 0 Å². The van der Waals surface area contributed by atoms with Gasteiger partial charge in [-0.2, -0.15) is 5.10 Å². The number of H-pyrrole nitrogens is 1. The first kappa shape index (κ1) is 16.6. The van der Waals surface area contributed by atoms with Gasteiger partial charge in [0.05, 0.1) is 17.2 Å². The molecule has 1 aliphatic rings. The van der Waals surface area contributed by atoms with Gasteiger partial charge in [0.15, 0.2) is 0 Å². The number of nitrogens with zero attached hydrogens (tertiary/aromatic N) is 5. The molecular weight excluding hydrogens is 322 g/mol. The molecule has 0 atom stereocenters. The van der Waals surface area contributed by atoms with E-state index in [1.165, 1.54) is 17.4 Å². The largest absolute Gasteiger partial charge is 0.363 e. The lowest BCUT2D eigenvalue weighted by Gasteiger charge is -2.28. The van der Waals surface area contributed by atoms with Crippen molar-refractivity contribution < 1.29 is 4.79 Å². The first-order valence-electron chi connectivity index (χ1n) is 8.04. The van der Waals surface area contributed by atoms with E-state index in [2.05, 4.69) is 20.1 Å². The molecule has 1 amide bonds. The number of nitrogens with one attached hydrogen (secondary N) is 1. The van der Waals surface area contributed by atoms with Crippen LogP contribution >= 0.6 is 0 Å². The van der Waals surface area contributed by atoms with Crippen LogP contribution in [0.1, 0.15) is 29.9 Å². The number of primary amides is 1. The Hall–Kier alpha value is -3.23. The molecule has 0 saturated carbocycles. The number of aromatic nitrogens is 5. The van der Waals surface area contributed by atoms with E-state index >= 15 is 0 Å². The van der Waals surface area contributed by atoms with Crippen molar-refractivity contribution in [2.45, 2.75) is 19.3 Å². The molecule has 3 N–H and O–H groups in total. The van der Waals surface area contributed by atoms with Gasteiger partial charge >= 0.3 is 0 Å². The molecule has 0 spiro atoms. The van der Waals surface area contributed by atoms with Gasteiger partial charge in [-0.1, -0.05) is 0 Å². The molecule has 25 heavy (non-hydrogen) atoms. The van der Waals surface area contributed by atoms with Crippen LogP contribution in [0.25, 0.3) is 11.0 Å². The van der Waals surface area contributed by atoms with Crippen molar-refractivity contribution in [3.05, 3.63) is 53.0 Å². The second kappa shape index (κ2) is 7.56. The Labute approximate surface area is 143 Å². The van der Waals surface area contributed by atoms with Crippen LogP contribution in [0.2, 0.25) is 0 Å². The van der Waals surface area contributed by atoms with Crippen LogP contribution in [0.5, 0.6) is 0 Å². The van der Waals surface area contributed by atoms with Gasteiger partial charge in [0.1, 0.15) is 0 Å². The van der Waals surface area contributed by atoms with Gasteiger partial charge in [0.2, 0.25) is 5.82 Å². The summed E-state index contributed by atoms with van der Waals surface area (Å²) in [6.45, 7) is 1.88. The van der Waals surface area contributed by atoms with Gasteiger partial charge < -0.3 is 10.7 Å². The normalized spacial score (nSPS) is 14.0. The van der Waals surface area contributed by atoms with E-state index < -0.39 is 5.91 Å². The SMILES string of the molecule is NC(=O)c1ncc2[nH]ccc2n1.O=c1cccnn1N1CCCCC1. The number of rotatable bonds is 2. The Morgan fingerprint density at radius 1 is 1.20 bits per heavy atom. The number of hydrogen-bond acceptors (Lipinski definition) is 6. The molecule has 0 unspecified atom stereocenters. The predicted octanol–water partition coefficient (Wildman–Crippen LogP) is 0.422. The Balaban J connectivity index is 0.000000146. The Kier molecular flexibility index (Phi) is 5.03. The zero-order valence-corrected chi connectivity index (χ0v) is 13.6. The van der Waals surface area contributed by atoms with E-state index in [9.17, 15) is 9.59 Å². The van der Waals surface area contributed by atoms with Crippen LogP contribution in [0.3, 0.4) is 0 Å². The smallest absolute Gasteiger partial charge is 0.286 e. The molecule has 9 heteroatoms. The van der Waals surface area contributed by atoms with Crippen LogP contribution in [-0.4, -0.2) is 43.8 Å². The molecular formula is C16H19N7O2. The van der Waals surface area contributed by atoms with Crippen molar-refractivity contribution in [3.8, 4) is 0 Å². The molecule has 4 rings (SSSR count). The lowest BCUT2D eigenvalue weighted by molar-refractivity contribution is 0.0991. The van der Waals surface area contributed by atoms with Crippen molar-refractivity contribution in [3.63, 3.8) is 0 Å². The van der Waals surface area contributed by atoms with E-state index in [0.29, 0.717) is 5.52 Å². The van der Waals surface area contributed by atoms with E-state index in [0.717, 1.165) is 31.4 Å². The number of aromatic amines is 1. The number of piperidine rings is 1. The minimum atomic E-state index is -0.613. The average Bonchev–Trinajstić information content (AvgIpc) is 3.11. The summed E-state index contributed by atoms with van der Waals surface area (Å²) in [5, 5.41) is 6.04. The highest BCUT2D eigenvalue weighted by Gasteiger charge is 2.11. The van der Waals surface area contributed by atoms with Crippen molar-refractivity contribution in [1.29, 1.82) is 0 Å². The van der Waals surface area contributed by atoms with Crippen LogP contribution in [0.4, 0.5) is 0 Å². The molecule has 3 aromatic rings. The fourth-order valence-corrected chi connectivity index (χ4v) is 2.59. The maximum absolute atomic E-state index is 11.4. The molecule has 1 fully saturated rings. The van der Waals surface area contributed by atoms with Crippen molar-refractivity contribution in [1.82, 2.24) is 24.8 Å². The summed E-state index contributed by atoms with van der Waals surface area (Å²) in [6.07, 6.45) is 8.48. The number of fused-ring (bicyclic) bond motifs is 1. The fourth-order valence-electron chi connectivity index (χ4n) is 2.59. The molecule has 3 aromatic heterocycles. The summed E-state index contributed by atoms with van der Waals surface area (Å²) in [7, 11) is 0. The average molecular weight is 341 g/mol. The molecule has 0 bridgehead atoms. The number of hydrogen-bond donors (Lipinski definition) is 2. The lowest BCUT2D eigenvalue weighted by atomic mass is 10.2. The minimum absolute atomic E-state index is 0.0376. The summed E-state index contributed by atoms with van der Waals surface area (Å²) in [4.78, 5) is 34.1. The molecule has 0 aliphatic carbocycles. The summed E-state index contributed by atoms with van der Waals surface area (Å²) in [6, 6.07) is 4.97. The van der Waals surface area contributed by atoms with E-state index in [-0.39, 0.29) is 11.4 Å². The minimum Gasteiger partial charge on any atom is -0.363 e. The fraction of sp³-hybridized carbons (Fsp3) is 0.312. The third-order valence-corrected chi connectivity index (χ3v) is 3.82. The first-order valence-corrected chi connectivity index (χ1v) is 8.04. The highest BCUT2D eigenvalue weighted by molar-refractivity contribution is 5.90. The third kappa shape index (κ3) is 4.00. The highest BCUT2D eigenvalue weighted by Crippen LogP contribution is 2.07. The van der Waals surface area contributed by atoms with Crippen LogP contribution in [0, 0.1) is 0 Å². The van der Waals surface area contributed by atoms with Gasteiger partial charge in [-0.3, -0.25) is 14.6 Å². The quantitative estimate of drug-likeness (QED) is 0.696. The van der Waals surface area contributed by atoms with E-state index in [4.69, 9.17) is 5.73 Å². The second-order valence-electron chi connectivity index (χ2n) is 5.60. The summed E-state index contributed by atoms with van der Waals surface area (Å²) < 4.78 is 0. The maximum Gasteiger partial charge on any atom is 0.286 e. The molecule has 4 heterocycles. The predicted molar refractivity (Wildman–Crippen MR) is 92.7 cm³/mol. The number of nitrogens with two attached hydrogens (primary N) is 1. The molecule has 0 aromatic carbocycles.